The number of hydrogen-bond acceptors (Lipinski definition) is 3. The van der Waals surface area contributed by atoms with Gasteiger partial charge in [-0.15, -0.1) is 11.3 Å². The average Bonchev–Trinajstić information content (AvgIpc) is 2.87. The lowest BCUT2D eigenvalue weighted by Crippen LogP contribution is -2.34. The van der Waals surface area contributed by atoms with Gasteiger partial charge in [0.2, 0.25) is 0 Å². The fraction of sp³-hybridized carbons (Fsp3) is 0.769. The first-order valence-corrected chi connectivity index (χ1v) is 7.23. The summed E-state index contributed by atoms with van der Waals surface area (Å²) in [6, 6.07) is 1.01. The zero-order valence-corrected chi connectivity index (χ0v) is 11.3. The quantitative estimate of drug-likeness (QED) is 0.865. The smallest absolute Gasteiger partial charge is 0.0898 e. The van der Waals surface area contributed by atoms with Crippen LogP contribution in [0.15, 0.2) is 5.38 Å². The van der Waals surface area contributed by atoms with E-state index in [-0.39, 0.29) is 0 Å². The highest BCUT2D eigenvalue weighted by molar-refractivity contribution is 7.09. The molecular weight excluding hydrogens is 216 g/mol. The van der Waals surface area contributed by atoms with Crippen LogP contribution >= 0.6 is 11.3 Å². The van der Waals surface area contributed by atoms with Crippen molar-refractivity contribution in [2.45, 2.75) is 58.5 Å². The lowest BCUT2D eigenvalue weighted by molar-refractivity contribution is 0.350. The van der Waals surface area contributed by atoms with Crippen LogP contribution in [0.25, 0.3) is 0 Å². The molecule has 0 aromatic carbocycles. The van der Waals surface area contributed by atoms with Crippen molar-refractivity contribution in [1.29, 1.82) is 0 Å². The second-order valence-electron chi connectivity index (χ2n) is 5.01. The molecule has 0 saturated heterocycles. The third kappa shape index (κ3) is 2.83. The molecule has 2 atom stereocenters. The van der Waals surface area contributed by atoms with Crippen molar-refractivity contribution >= 4 is 11.3 Å². The van der Waals surface area contributed by atoms with Crippen molar-refractivity contribution < 1.29 is 0 Å². The summed E-state index contributed by atoms with van der Waals surface area (Å²) in [7, 11) is 0. The number of aromatic nitrogens is 1. The fourth-order valence-corrected chi connectivity index (χ4v) is 3.36. The molecule has 1 aliphatic rings. The standard InChI is InChI=1S/C13H22N2S/c1-9(12-6-4-5-7-12)14-10(2)13-8-16-11(3)15-13/h8-10,12,14H,4-7H2,1-3H3. The van der Waals surface area contributed by atoms with Gasteiger partial charge in [-0.3, -0.25) is 0 Å². The summed E-state index contributed by atoms with van der Waals surface area (Å²) in [6.45, 7) is 6.62. The molecule has 1 fully saturated rings. The maximum absolute atomic E-state index is 4.55. The highest BCUT2D eigenvalue weighted by Crippen LogP contribution is 2.28. The summed E-state index contributed by atoms with van der Waals surface area (Å²) < 4.78 is 0. The van der Waals surface area contributed by atoms with Crippen molar-refractivity contribution in [1.82, 2.24) is 10.3 Å². The Labute approximate surface area is 102 Å². The van der Waals surface area contributed by atoms with E-state index in [0.29, 0.717) is 12.1 Å². The number of rotatable bonds is 4. The number of aryl methyl sites for hydroxylation is 1. The molecule has 0 aliphatic heterocycles. The van der Waals surface area contributed by atoms with Gasteiger partial charge in [-0.2, -0.15) is 0 Å². The van der Waals surface area contributed by atoms with E-state index in [1.165, 1.54) is 31.4 Å². The molecule has 2 nitrogen and oxygen atoms in total. The van der Waals surface area contributed by atoms with Gasteiger partial charge in [0.15, 0.2) is 0 Å². The van der Waals surface area contributed by atoms with Crippen molar-refractivity contribution in [2.24, 2.45) is 5.92 Å². The SMILES string of the molecule is Cc1nc(C(C)NC(C)C2CCCC2)cs1. The summed E-state index contributed by atoms with van der Waals surface area (Å²) in [4.78, 5) is 4.55. The van der Waals surface area contributed by atoms with Crippen LogP contribution in [-0.2, 0) is 0 Å². The Balaban J connectivity index is 1.88. The third-order valence-corrected chi connectivity index (χ3v) is 4.49. The molecule has 1 aliphatic carbocycles. The van der Waals surface area contributed by atoms with Gasteiger partial charge in [0.1, 0.15) is 0 Å². The molecular formula is C13H22N2S. The summed E-state index contributed by atoms with van der Waals surface area (Å²) in [5, 5.41) is 7.03. The van der Waals surface area contributed by atoms with Crippen LogP contribution in [0.1, 0.15) is 56.3 Å². The van der Waals surface area contributed by atoms with E-state index < -0.39 is 0 Å². The largest absolute Gasteiger partial charge is 0.306 e. The Kier molecular flexibility index (Phi) is 3.98. The Morgan fingerprint density at radius 3 is 2.62 bits per heavy atom. The molecule has 1 heterocycles. The van der Waals surface area contributed by atoms with E-state index in [9.17, 15) is 0 Å². The first kappa shape index (κ1) is 12.1. The first-order valence-electron chi connectivity index (χ1n) is 6.35. The minimum absolute atomic E-state index is 0.389. The van der Waals surface area contributed by atoms with Crippen LogP contribution in [0.3, 0.4) is 0 Å². The monoisotopic (exact) mass is 238 g/mol. The Hall–Kier alpha value is -0.410. The maximum atomic E-state index is 4.55. The molecule has 2 unspecified atom stereocenters. The Morgan fingerprint density at radius 2 is 2.06 bits per heavy atom. The van der Waals surface area contributed by atoms with Gasteiger partial charge < -0.3 is 5.32 Å². The molecule has 90 valence electrons. The van der Waals surface area contributed by atoms with Gasteiger partial charge in [0.05, 0.1) is 10.7 Å². The van der Waals surface area contributed by atoms with Crippen LogP contribution in [0.5, 0.6) is 0 Å². The Morgan fingerprint density at radius 1 is 1.38 bits per heavy atom. The predicted molar refractivity (Wildman–Crippen MR) is 69.8 cm³/mol. The molecule has 1 saturated carbocycles. The lowest BCUT2D eigenvalue weighted by Gasteiger charge is -2.24. The molecule has 0 bridgehead atoms. The van der Waals surface area contributed by atoms with E-state index in [4.69, 9.17) is 0 Å². The minimum atomic E-state index is 0.389. The highest BCUT2D eigenvalue weighted by atomic mass is 32.1. The van der Waals surface area contributed by atoms with Crippen molar-refractivity contribution in [3.63, 3.8) is 0 Å². The lowest BCUT2D eigenvalue weighted by atomic mass is 9.99. The van der Waals surface area contributed by atoms with Gasteiger partial charge in [-0.1, -0.05) is 12.8 Å². The van der Waals surface area contributed by atoms with Crippen LogP contribution in [0.4, 0.5) is 0 Å². The third-order valence-electron chi connectivity index (χ3n) is 3.70. The van der Waals surface area contributed by atoms with Gasteiger partial charge in [0, 0.05) is 17.5 Å². The van der Waals surface area contributed by atoms with Crippen LogP contribution in [-0.4, -0.2) is 11.0 Å². The maximum Gasteiger partial charge on any atom is 0.0898 e. The predicted octanol–water partition coefficient (Wildman–Crippen LogP) is 3.68. The number of thiazole rings is 1. The second kappa shape index (κ2) is 5.28. The van der Waals surface area contributed by atoms with Gasteiger partial charge in [0.25, 0.3) is 0 Å². The molecule has 0 radical (unpaired) electrons. The number of hydrogen-bond donors (Lipinski definition) is 1. The van der Waals surface area contributed by atoms with Crippen LogP contribution in [0.2, 0.25) is 0 Å². The fourth-order valence-electron chi connectivity index (χ4n) is 2.65. The first-order chi connectivity index (χ1) is 7.66. The van der Waals surface area contributed by atoms with Crippen molar-refractivity contribution in [3.05, 3.63) is 16.1 Å². The van der Waals surface area contributed by atoms with Gasteiger partial charge >= 0.3 is 0 Å². The summed E-state index contributed by atoms with van der Waals surface area (Å²) in [6.07, 6.45) is 5.63. The topological polar surface area (TPSA) is 24.9 Å². The summed E-state index contributed by atoms with van der Waals surface area (Å²) in [5.74, 6) is 0.877. The molecule has 0 amide bonds. The molecule has 1 aromatic heterocycles. The van der Waals surface area contributed by atoms with Gasteiger partial charge in [-0.25, -0.2) is 4.98 Å². The molecule has 0 spiro atoms. The van der Waals surface area contributed by atoms with Gasteiger partial charge in [-0.05, 0) is 39.5 Å². The highest BCUT2D eigenvalue weighted by Gasteiger charge is 2.23. The summed E-state index contributed by atoms with van der Waals surface area (Å²) >= 11 is 1.74. The second-order valence-corrected chi connectivity index (χ2v) is 6.08. The molecule has 16 heavy (non-hydrogen) atoms. The van der Waals surface area contributed by atoms with E-state index >= 15 is 0 Å². The molecule has 1 aromatic rings. The van der Waals surface area contributed by atoms with Crippen LogP contribution < -0.4 is 5.32 Å². The number of nitrogens with one attached hydrogen (secondary N) is 1. The zero-order chi connectivity index (χ0) is 11.5. The van der Waals surface area contributed by atoms with E-state index in [1.54, 1.807) is 11.3 Å². The van der Waals surface area contributed by atoms with Crippen molar-refractivity contribution in [3.8, 4) is 0 Å². The Bertz CT molecular complexity index is 328. The van der Waals surface area contributed by atoms with Crippen LogP contribution in [0, 0.1) is 12.8 Å². The summed E-state index contributed by atoms with van der Waals surface area (Å²) in [5.41, 5.74) is 1.20. The normalized spacial score (nSPS) is 21.2. The zero-order valence-electron chi connectivity index (χ0n) is 10.5. The van der Waals surface area contributed by atoms with Crippen molar-refractivity contribution in [2.75, 3.05) is 0 Å². The van der Waals surface area contributed by atoms with E-state index in [0.717, 1.165) is 10.9 Å². The molecule has 2 rings (SSSR count). The van der Waals surface area contributed by atoms with E-state index in [1.807, 2.05) is 0 Å². The molecule has 3 heteroatoms. The van der Waals surface area contributed by atoms with E-state index in [2.05, 4.69) is 36.5 Å². The molecule has 1 N–H and O–H groups in total. The average molecular weight is 238 g/mol. The minimum Gasteiger partial charge on any atom is -0.306 e. The number of nitrogens with zero attached hydrogens (tertiary/aromatic N) is 1.